The van der Waals surface area contributed by atoms with Crippen LogP contribution in [-0.4, -0.2) is 53.1 Å². The van der Waals surface area contributed by atoms with Gasteiger partial charge in [-0.15, -0.1) is 0 Å². The Morgan fingerprint density at radius 2 is 1.56 bits per heavy atom. The smallest absolute Gasteiger partial charge is 0.350 e. The van der Waals surface area contributed by atoms with Crippen molar-refractivity contribution in [2.75, 3.05) is 0 Å². The summed E-state index contributed by atoms with van der Waals surface area (Å²) in [6.45, 7) is 5.63. The van der Waals surface area contributed by atoms with Crippen LogP contribution in [0.4, 0.5) is 0 Å². The summed E-state index contributed by atoms with van der Waals surface area (Å²) in [6.07, 6.45) is -2.29. The van der Waals surface area contributed by atoms with Gasteiger partial charge in [-0.1, -0.05) is 0 Å². The molecule has 0 aromatic rings. The van der Waals surface area contributed by atoms with Crippen LogP contribution in [0.1, 0.15) is 34.1 Å². The number of Topliss-reactive ketones (excluding diaryl/α,β-unsaturated/α-hetero) is 2. The molecule has 0 N–H and O–H groups in total. The summed E-state index contributed by atoms with van der Waals surface area (Å²) in [6, 6.07) is 0. The largest absolute Gasteiger partial charge is 0.391 e. The summed E-state index contributed by atoms with van der Waals surface area (Å²) in [7, 11) is 0. The molecule has 0 heterocycles. The zero-order valence-electron chi connectivity index (χ0n) is 10.3. The normalized spacial score (nSPS) is 11.4. The lowest BCUT2D eigenvalue weighted by Gasteiger charge is -2.15. The average molecular weight is 274 g/mol. The van der Waals surface area contributed by atoms with Crippen LogP contribution in [-0.2, 0) is 28.7 Å². The Hall–Kier alpha value is -1.03. The van der Waals surface area contributed by atoms with E-state index in [2.05, 4.69) is 4.74 Å². The average Bonchev–Trinajstić information content (AvgIpc) is 2.11. The van der Waals surface area contributed by atoms with Crippen molar-refractivity contribution in [1.82, 2.24) is 0 Å². The molecule has 0 saturated carbocycles. The molecule has 0 fully saturated rings. The van der Waals surface area contributed by atoms with Crippen molar-refractivity contribution in [3.8, 4) is 0 Å². The van der Waals surface area contributed by atoms with Crippen LogP contribution in [0.5, 0.6) is 0 Å². The molecule has 0 aliphatic heterocycles. The van der Waals surface area contributed by atoms with Crippen LogP contribution in [0.2, 0.25) is 0 Å². The first-order valence-electron chi connectivity index (χ1n) is 5.14. The molecule has 0 aromatic carbocycles. The number of ether oxygens (including phenoxy) is 2. The highest BCUT2D eigenvalue weighted by atomic mass is 27.0. The first-order valence-corrected chi connectivity index (χ1v) is 5.14. The van der Waals surface area contributed by atoms with Crippen molar-refractivity contribution in [3.05, 3.63) is 0 Å². The van der Waals surface area contributed by atoms with Gasteiger partial charge in [-0.2, -0.15) is 0 Å². The van der Waals surface area contributed by atoms with Gasteiger partial charge in [0.2, 0.25) is 6.10 Å². The van der Waals surface area contributed by atoms with Gasteiger partial charge in [-0.25, -0.2) is 4.79 Å². The summed E-state index contributed by atoms with van der Waals surface area (Å²) in [5.41, 5.74) is 0. The first kappa shape index (κ1) is 19.3. The SMILES string of the molecule is CC(=O)CC(=O)OC(=O)C(OC(C)C)C(C)=O.[AlH3]. The molecule has 0 amide bonds. The maximum Gasteiger partial charge on any atom is 0.350 e. The fraction of sp³-hybridized carbons (Fsp3) is 0.636. The van der Waals surface area contributed by atoms with Crippen molar-refractivity contribution < 1.29 is 28.7 Å². The van der Waals surface area contributed by atoms with E-state index in [9.17, 15) is 19.2 Å². The number of hydrogen-bond acceptors (Lipinski definition) is 6. The number of esters is 2. The van der Waals surface area contributed by atoms with Crippen LogP contribution in [0.15, 0.2) is 0 Å². The number of rotatable bonds is 6. The van der Waals surface area contributed by atoms with E-state index in [0.29, 0.717) is 0 Å². The molecular formula is C11H19AlO6. The highest BCUT2D eigenvalue weighted by molar-refractivity contribution is 6.06. The first-order chi connectivity index (χ1) is 7.73. The lowest BCUT2D eigenvalue weighted by molar-refractivity contribution is -0.171. The predicted molar refractivity (Wildman–Crippen MR) is 67.0 cm³/mol. The van der Waals surface area contributed by atoms with Gasteiger partial charge in [0.05, 0.1) is 6.10 Å². The Balaban J connectivity index is 0. The topological polar surface area (TPSA) is 86.7 Å². The monoisotopic (exact) mass is 274 g/mol. The quantitative estimate of drug-likeness (QED) is 0.359. The van der Waals surface area contributed by atoms with E-state index in [0.717, 1.165) is 6.92 Å². The van der Waals surface area contributed by atoms with Crippen molar-refractivity contribution in [2.24, 2.45) is 0 Å². The third-order valence-electron chi connectivity index (χ3n) is 1.60. The molecule has 0 aliphatic carbocycles. The molecular weight excluding hydrogens is 255 g/mol. The Morgan fingerprint density at radius 3 is 1.89 bits per heavy atom. The fourth-order valence-electron chi connectivity index (χ4n) is 0.995. The maximum absolute atomic E-state index is 11.4. The molecule has 0 bridgehead atoms. The molecule has 0 aliphatic rings. The van der Waals surface area contributed by atoms with Crippen LogP contribution < -0.4 is 0 Å². The standard InChI is InChI=1S/C11H16O6.Al.3H/c1-6(2)16-10(8(4)13)11(15)17-9(14)5-7(3)12;;;;/h6,10H,5H2,1-4H3;;;;. The van der Waals surface area contributed by atoms with E-state index in [1.165, 1.54) is 6.92 Å². The van der Waals surface area contributed by atoms with Gasteiger partial charge < -0.3 is 9.47 Å². The minimum absolute atomic E-state index is 0. The number of carbonyl (C=O) groups is 4. The minimum Gasteiger partial charge on any atom is -0.391 e. The lowest BCUT2D eigenvalue weighted by atomic mass is 10.2. The second-order valence-corrected chi connectivity index (χ2v) is 3.85. The summed E-state index contributed by atoms with van der Waals surface area (Å²) in [4.78, 5) is 44.2. The van der Waals surface area contributed by atoms with Crippen LogP contribution in [0.25, 0.3) is 0 Å². The van der Waals surface area contributed by atoms with Gasteiger partial charge in [0.1, 0.15) is 12.2 Å². The molecule has 7 heteroatoms. The molecule has 0 rings (SSSR count). The molecule has 1 unspecified atom stereocenters. The molecule has 6 nitrogen and oxygen atoms in total. The van der Waals surface area contributed by atoms with E-state index in [1.807, 2.05) is 0 Å². The van der Waals surface area contributed by atoms with Crippen LogP contribution in [0, 0.1) is 0 Å². The molecule has 0 radical (unpaired) electrons. The zero-order valence-corrected chi connectivity index (χ0v) is 10.3. The second-order valence-electron chi connectivity index (χ2n) is 3.85. The highest BCUT2D eigenvalue weighted by Crippen LogP contribution is 2.03. The van der Waals surface area contributed by atoms with Crippen molar-refractivity contribution in [2.45, 2.75) is 46.3 Å². The summed E-state index contributed by atoms with van der Waals surface area (Å²) in [5, 5.41) is 0. The lowest BCUT2D eigenvalue weighted by Crippen LogP contribution is -2.36. The van der Waals surface area contributed by atoms with E-state index < -0.39 is 36.0 Å². The Bertz CT molecular complexity index is 336. The van der Waals surface area contributed by atoms with Gasteiger partial charge >= 0.3 is 11.9 Å². The third kappa shape index (κ3) is 8.12. The summed E-state index contributed by atoms with van der Waals surface area (Å²) < 4.78 is 9.36. The maximum atomic E-state index is 11.4. The highest BCUT2D eigenvalue weighted by Gasteiger charge is 2.29. The summed E-state index contributed by atoms with van der Waals surface area (Å²) >= 11 is 0. The third-order valence-corrected chi connectivity index (χ3v) is 1.60. The fourth-order valence-corrected chi connectivity index (χ4v) is 0.995. The Kier molecular flexibility index (Phi) is 9.63. The van der Waals surface area contributed by atoms with Gasteiger partial charge in [-0.3, -0.25) is 14.4 Å². The van der Waals surface area contributed by atoms with Gasteiger partial charge in [0, 0.05) is 0 Å². The van der Waals surface area contributed by atoms with Crippen molar-refractivity contribution in [1.29, 1.82) is 0 Å². The van der Waals surface area contributed by atoms with Crippen molar-refractivity contribution >= 4 is 40.9 Å². The molecule has 0 spiro atoms. The van der Waals surface area contributed by atoms with E-state index in [4.69, 9.17) is 4.74 Å². The molecule has 18 heavy (non-hydrogen) atoms. The molecule has 1 atom stereocenters. The van der Waals surface area contributed by atoms with E-state index >= 15 is 0 Å². The predicted octanol–water partition coefficient (Wildman–Crippen LogP) is -0.766. The summed E-state index contributed by atoms with van der Waals surface area (Å²) in [5.74, 6) is -3.05. The van der Waals surface area contributed by atoms with Gasteiger partial charge in [-0.05, 0) is 27.7 Å². The minimum atomic E-state index is -1.43. The molecule has 102 valence electrons. The Morgan fingerprint density at radius 1 is 1.06 bits per heavy atom. The van der Waals surface area contributed by atoms with Crippen LogP contribution in [0.3, 0.4) is 0 Å². The van der Waals surface area contributed by atoms with Crippen molar-refractivity contribution in [3.63, 3.8) is 0 Å². The van der Waals surface area contributed by atoms with Gasteiger partial charge in [0.15, 0.2) is 23.1 Å². The zero-order chi connectivity index (χ0) is 13.6. The Labute approximate surface area is 116 Å². The number of carbonyl (C=O) groups excluding carboxylic acids is 4. The number of hydrogen-bond donors (Lipinski definition) is 0. The number of ketones is 2. The van der Waals surface area contributed by atoms with E-state index in [1.54, 1.807) is 13.8 Å². The molecule has 0 aromatic heterocycles. The molecule has 0 saturated heterocycles. The van der Waals surface area contributed by atoms with Gasteiger partial charge in [0.25, 0.3) is 0 Å². The van der Waals surface area contributed by atoms with Crippen LogP contribution >= 0.6 is 0 Å². The van der Waals surface area contributed by atoms with E-state index in [-0.39, 0.29) is 23.5 Å². The second kappa shape index (κ2) is 8.98.